The lowest BCUT2D eigenvalue weighted by Crippen LogP contribution is -1.84. The van der Waals surface area contributed by atoms with E-state index in [-0.39, 0.29) is 0 Å². The molecule has 5 rings (SSSR count). The van der Waals surface area contributed by atoms with Crippen molar-refractivity contribution in [2.24, 2.45) is 0 Å². The van der Waals surface area contributed by atoms with Gasteiger partial charge in [0.05, 0.1) is 10.7 Å². The Morgan fingerprint density at radius 1 is 0.840 bits per heavy atom. The van der Waals surface area contributed by atoms with Crippen molar-refractivity contribution in [3.05, 3.63) is 65.0 Å². The van der Waals surface area contributed by atoms with Gasteiger partial charge in [-0.1, -0.05) is 47.6 Å². The van der Waals surface area contributed by atoms with Gasteiger partial charge in [0.1, 0.15) is 0 Å². The molecule has 1 aliphatic rings. The van der Waals surface area contributed by atoms with E-state index >= 15 is 0 Å². The molecular weight excluding hydrogens is 330 g/mol. The number of aromatic nitrogens is 3. The molecule has 1 saturated carbocycles. The number of hydrogen-bond donors (Lipinski definition) is 0. The maximum atomic E-state index is 5.38. The summed E-state index contributed by atoms with van der Waals surface area (Å²) in [7, 11) is 0. The second kappa shape index (κ2) is 5.93. The zero-order valence-electron chi connectivity index (χ0n) is 13.4. The fourth-order valence-electron chi connectivity index (χ4n) is 2.77. The van der Waals surface area contributed by atoms with Crippen LogP contribution in [0, 0.1) is 0 Å². The molecule has 4 nitrogen and oxygen atoms in total. The number of benzene rings is 2. The van der Waals surface area contributed by atoms with Crippen molar-refractivity contribution < 1.29 is 4.52 Å². The summed E-state index contributed by atoms with van der Waals surface area (Å²) in [6.45, 7) is 0. The summed E-state index contributed by atoms with van der Waals surface area (Å²) in [4.78, 5) is 9.25. The van der Waals surface area contributed by atoms with Crippen LogP contribution in [0.5, 0.6) is 0 Å². The molecule has 122 valence electrons. The molecule has 1 aliphatic carbocycles. The lowest BCUT2D eigenvalue weighted by atomic mass is 10.1. The van der Waals surface area contributed by atoms with E-state index in [0.717, 1.165) is 22.4 Å². The Kier molecular flexibility index (Phi) is 3.45. The van der Waals surface area contributed by atoms with Crippen LogP contribution in [0.15, 0.2) is 64.5 Å². The average Bonchev–Trinajstić information content (AvgIpc) is 3.21. The van der Waals surface area contributed by atoms with E-state index in [2.05, 4.69) is 27.7 Å². The molecule has 2 heterocycles. The van der Waals surface area contributed by atoms with Crippen molar-refractivity contribution in [3.8, 4) is 34.1 Å². The standard InChI is InChI=1S/C20H15N3OS/c1-2-4-15(5-3-1)19-22-18(23-24-19)14-8-6-13(7-9-14)17-12-25-20(21-17)16-10-11-16/h1-9,12,16H,10-11H2. The Balaban J connectivity index is 1.40. The van der Waals surface area contributed by atoms with E-state index in [4.69, 9.17) is 9.51 Å². The maximum Gasteiger partial charge on any atom is 0.258 e. The first kappa shape index (κ1) is 14.5. The smallest absolute Gasteiger partial charge is 0.258 e. The summed E-state index contributed by atoms with van der Waals surface area (Å²) >= 11 is 1.77. The summed E-state index contributed by atoms with van der Waals surface area (Å²) in [5.41, 5.74) is 4.04. The predicted octanol–water partition coefficient (Wildman–Crippen LogP) is 5.40. The minimum Gasteiger partial charge on any atom is -0.334 e. The van der Waals surface area contributed by atoms with Crippen LogP contribution in [-0.4, -0.2) is 15.1 Å². The minimum absolute atomic E-state index is 0.535. The summed E-state index contributed by atoms with van der Waals surface area (Å²) in [6, 6.07) is 18.0. The fraction of sp³-hybridized carbons (Fsp3) is 0.150. The summed E-state index contributed by atoms with van der Waals surface area (Å²) in [5, 5.41) is 7.51. The normalized spacial score (nSPS) is 13.9. The molecule has 0 N–H and O–H groups in total. The third-order valence-electron chi connectivity index (χ3n) is 4.33. The van der Waals surface area contributed by atoms with Gasteiger partial charge in [-0.15, -0.1) is 11.3 Å². The van der Waals surface area contributed by atoms with Gasteiger partial charge in [0.2, 0.25) is 5.82 Å². The Morgan fingerprint density at radius 2 is 1.60 bits per heavy atom. The van der Waals surface area contributed by atoms with Gasteiger partial charge in [-0.05, 0) is 25.0 Å². The van der Waals surface area contributed by atoms with Gasteiger partial charge < -0.3 is 4.52 Å². The third kappa shape index (κ3) is 2.87. The predicted molar refractivity (Wildman–Crippen MR) is 98.3 cm³/mol. The van der Waals surface area contributed by atoms with Gasteiger partial charge in [0.25, 0.3) is 5.89 Å². The molecule has 0 aliphatic heterocycles. The molecule has 2 aromatic heterocycles. The molecule has 0 radical (unpaired) electrons. The number of nitrogens with zero attached hydrogens (tertiary/aromatic N) is 3. The highest BCUT2D eigenvalue weighted by atomic mass is 32.1. The molecule has 2 aromatic carbocycles. The van der Waals surface area contributed by atoms with E-state index in [9.17, 15) is 0 Å². The van der Waals surface area contributed by atoms with Crippen molar-refractivity contribution >= 4 is 11.3 Å². The largest absolute Gasteiger partial charge is 0.334 e. The van der Waals surface area contributed by atoms with Crippen LogP contribution in [0.3, 0.4) is 0 Å². The fourth-order valence-corrected chi connectivity index (χ4v) is 3.77. The van der Waals surface area contributed by atoms with E-state index in [0.29, 0.717) is 17.6 Å². The summed E-state index contributed by atoms with van der Waals surface area (Å²) in [5.74, 6) is 1.84. The van der Waals surface area contributed by atoms with E-state index in [1.807, 2.05) is 42.5 Å². The highest BCUT2D eigenvalue weighted by Gasteiger charge is 2.26. The van der Waals surface area contributed by atoms with Gasteiger partial charge in [0, 0.05) is 28.0 Å². The topological polar surface area (TPSA) is 51.8 Å². The van der Waals surface area contributed by atoms with Gasteiger partial charge >= 0.3 is 0 Å². The molecule has 0 spiro atoms. The average molecular weight is 345 g/mol. The lowest BCUT2D eigenvalue weighted by Gasteiger charge is -1.98. The van der Waals surface area contributed by atoms with E-state index < -0.39 is 0 Å². The van der Waals surface area contributed by atoms with Gasteiger partial charge in [-0.25, -0.2) is 4.98 Å². The van der Waals surface area contributed by atoms with Crippen molar-refractivity contribution in [2.75, 3.05) is 0 Å². The lowest BCUT2D eigenvalue weighted by molar-refractivity contribution is 0.432. The van der Waals surface area contributed by atoms with Crippen LogP contribution >= 0.6 is 11.3 Å². The van der Waals surface area contributed by atoms with Crippen LogP contribution < -0.4 is 0 Å². The first-order valence-electron chi connectivity index (χ1n) is 8.32. The number of rotatable bonds is 4. The molecule has 25 heavy (non-hydrogen) atoms. The second-order valence-electron chi connectivity index (χ2n) is 6.21. The quantitative estimate of drug-likeness (QED) is 0.496. The highest BCUT2D eigenvalue weighted by Crippen LogP contribution is 2.42. The number of hydrogen-bond acceptors (Lipinski definition) is 5. The van der Waals surface area contributed by atoms with E-state index in [1.165, 1.54) is 17.8 Å². The number of thiazole rings is 1. The van der Waals surface area contributed by atoms with Crippen molar-refractivity contribution in [2.45, 2.75) is 18.8 Å². The van der Waals surface area contributed by atoms with E-state index in [1.54, 1.807) is 11.3 Å². The van der Waals surface area contributed by atoms with Crippen LogP contribution in [0.25, 0.3) is 34.1 Å². The zero-order chi connectivity index (χ0) is 16.6. The van der Waals surface area contributed by atoms with Crippen molar-refractivity contribution in [1.82, 2.24) is 15.1 Å². The third-order valence-corrected chi connectivity index (χ3v) is 5.34. The molecule has 0 saturated heterocycles. The molecule has 0 bridgehead atoms. The second-order valence-corrected chi connectivity index (χ2v) is 7.10. The first-order valence-corrected chi connectivity index (χ1v) is 9.20. The van der Waals surface area contributed by atoms with Crippen molar-refractivity contribution in [3.63, 3.8) is 0 Å². The molecule has 1 fully saturated rings. The Morgan fingerprint density at radius 3 is 2.36 bits per heavy atom. The SMILES string of the molecule is c1ccc(-c2nc(-c3ccc(-c4csc(C5CC5)n4)cc3)no2)cc1. The molecule has 0 amide bonds. The van der Waals surface area contributed by atoms with Gasteiger partial charge in [0.15, 0.2) is 0 Å². The molecule has 0 atom stereocenters. The van der Waals surface area contributed by atoms with Crippen LogP contribution in [0.4, 0.5) is 0 Å². The Hall–Kier alpha value is -2.79. The molecule has 5 heteroatoms. The molecule has 4 aromatic rings. The summed E-state index contributed by atoms with van der Waals surface area (Å²) in [6.07, 6.45) is 2.57. The Bertz CT molecular complexity index is 1000. The van der Waals surface area contributed by atoms with Crippen LogP contribution in [0.2, 0.25) is 0 Å². The van der Waals surface area contributed by atoms with Gasteiger partial charge in [-0.2, -0.15) is 4.98 Å². The van der Waals surface area contributed by atoms with Crippen molar-refractivity contribution in [1.29, 1.82) is 0 Å². The molecular formula is C20H15N3OS. The van der Waals surface area contributed by atoms with Crippen LogP contribution in [-0.2, 0) is 0 Å². The zero-order valence-corrected chi connectivity index (χ0v) is 14.2. The monoisotopic (exact) mass is 345 g/mol. The highest BCUT2D eigenvalue weighted by molar-refractivity contribution is 7.10. The Labute approximate surface area is 149 Å². The minimum atomic E-state index is 0.535. The summed E-state index contributed by atoms with van der Waals surface area (Å²) < 4.78 is 5.38. The van der Waals surface area contributed by atoms with Gasteiger partial charge in [-0.3, -0.25) is 0 Å². The maximum absolute atomic E-state index is 5.38. The first-order chi connectivity index (χ1) is 12.4. The molecule has 0 unspecified atom stereocenters. The van der Waals surface area contributed by atoms with Crippen LogP contribution in [0.1, 0.15) is 23.8 Å².